The first-order chi connectivity index (χ1) is 19.7. The van der Waals surface area contributed by atoms with E-state index in [-0.39, 0.29) is 49.1 Å². The van der Waals surface area contributed by atoms with Gasteiger partial charge in [0.15, 0.2) is 8.32 Å². The molecule has 1 aliphatic rings. The molecule has 7 nitrogen and oxygen atoms in total. The third kappa shape index (κ3) is 7.92. The first-order valence-electron chi connectivity index (χ1n) is 14.4. The van der Waals surface area contributed by atoms with Crippen LogP contribution in [0.4, 0.5) is 11.4 Å². The molecule has 1 heterocycles. The Morgan fingerprint density at radius 1 is 0.902 bits per heavy atom. The zero-order valence-electron chi connectivity index (χ0n) is 24.2. The molecule has 0 unspecified atom stereocenters. The van der Waals surface area contributed by atoms with Crippen molar-refractivity contribution < 1.29 is 24.2 Å². The van der Waals surface area contributed by atoms with Crippen LogP contribution >= 0.6 is 0 Å². The molecule has 1 fully saturated rings. The number of hydrogen-bond acceptors (Lipinski definition) is 5. The van der Waals surface area contributed by atoms with E-state index in [1.165, 1.54) is 0 Å². The number of amides is 2. The van der Waals surface area contributed by atoms with Crippen LogP contribution in [0.15, 0.2) is 84.9 Å². The Balaban J connectivity index is 1.41. The maximum atomic E-state index is 13.4. The number of aliphatic hydroxyl groups excluding tert-OH is 1. The molecule has 4 atom stereocenters. The number of ether oxygens (including phenoxy) is 1. The predicted molar refractivity (Wildman–Crippen MR) is 164 cm³/mol. The maximum absolute atomic E-state index is 13.4. The molecule has 0 bridgehead atoms. The largest absolute Gasteiger partial charge is 0.432 e. The summed E-state index contributed by atoms with van der Waals surface area (Å²) in [5, 5.41) is 9.61. The second kappa shape index (κ2) is 14.0. The number of hydrogen-bond donors (Lipinski definition) is 2. The quantitative estimate of drug-likeness (QED) is 0.214. The van der Waals surface area contributed by atoms with Gasteiger partial charge in [-0.3, -0.25) is 14.5 Å². The first kappa shape index (κ1) is 30.7. The minimum Gasteiger partial charge on any atom is -0.432 e. The lowest BCUT2D eigenvalue weighted by Crippen LogP contribution is -2.42. The lowest BCUT2D eigenvalue weighted by atomic mass is 9.95. The number of aliphatic hydroxyl groups is 1. The fourth-order valence-corrected chi connectivity index (χ4v) is 8.72. The maximum Gasteiger partial charge on any atom is 0.225 e. The van der Waals surface area contributed by atoms with Gasteiger partial charge < -0.3 is 19.5 Å². The summed E-state index contributed by atoms with van der Waals surface area (Å²) < 4.78 is 6.53. The van der Waals surface area contributed by atoms with Crippen molar-refractivity contribution >= 4 is 32.0 Å². The summed E-state index contributed by atoms with van der Waals surface area (Å²) >= 11 is 0. The van der Waals surface area contributed by atoms with E-state index in [1.807, 2.05) is 98.0 Å². The third-order valence-electron chi connectivity index (χ3n) is 8.11. The molecule has 3 aromatic carbocycles. The Kier molecular flexibility index (Phi) is 10.5. The van der Waals surface area contributed by atoms with Crippen LogP contribution in [0, 0.1) is 5.92 Å². The Morgan fingerprint density at radius 2 is 1.51 bits per heavy atom. The minimum absolute atomic E-state index is 0.0708. The average molecular weight is 575 g/mol. The zero-order chi connectivity index (χ0) is 29.4. The standard InChI is InChI=1S/C33H42N2O5Si/c1-25-30(19-16-26-14-17-29(18-15-26)35(24-37)28-12-8-5-9-13-28)40-31(33(25)41(2,3)39)22-32(38)34(20-21-36)23-27-10-6-4-7-11-27/h4-15,17-18,24-25,30-31,33,36,39H,16,19-23H2,1-3H3/t25-,30+,31-,33+/m1/s1. The second-order valence-corrected chi connectivity index (χ2v) is 15.5. The fourth-order valence-electron chi connectivity index (χ4n) is 6.12. The first-order valence-corrected chi connectivity index (χ1v) is 17.4. The third-order valence-corrected chi connectivity index (χ3v) is 10.6. The highest BCUT2D eigenvalue weighted by Gasteiger charge is 2.50. The molecule has 2 N–H and O–H groups in total. The number of nitrogens with zero attached hydrogens (tertiary/aromatic N) is 2. The molecule has 0 aromatic heterocycles. The molecule has 1 aliphatic heterocycles. The van der Waals surface area contributed by atoms with Crippen LogP contribution in [0.1, 0.15) is 30.9 Å². The van der Waals surface area contributed by atoms with Gasteiger partial charge in [0.1, 0.15) is 0 Å². The van der Waals surface area contributed by atoms with Gasteiger partial charge in [0, 0.05) is 30.0 Å². The molecule has 8 heteroatoms. The molecule has 2 amide bonds. The van der Waals surface area contributed by atoms with Gasteiger partial charge >= 0.3 is 0 Å². The highest BCUT2D eigenvalue weighted by molar-refractivity contribution is 6.71. The van der Waals surface area contributed by atoms with E-state index in [4.69, 9.17) is 4.74 Å². The van der Waals surface area contributed by atoms with E-state index in [1.54, 1.807) is 9.80 Å². The smallest absolute Gasteiger partial charge is 0.225 e. The highest BCUT2D eigenvalue weighted by atomic mass is 28.4. The molecule has 0 aliphatic carbocycles. The summed E-state index contributed by atoms with van der Waals surface area (Å²) in [6.07, 6.45) is 2.13. The number of carbonyl (C=O) groups excluding carboxylic acids is 2. The van der Waals surface area contributed by atoms with E-state index in [0.29, 0.717) is 6.54 Å². The molecule has 41 heavy (non-hydrogen) atoms. The molecule has 0 spiro atoms. The monoisotopic (exact) mass is 574 g/mol. The number of benzene rings is 3. The number of rotatable bonds is 13. The van der Waals surface area contributed by atoms with E-state index in [2.05, 4.69) is 6.92 Å². The van der Waals surface area contributed by atoms with Gasteiger partial charge in [-0.25, -0.2) is 0 Å². The van der Waals surface area contributed by atoms with Gasteiger partial charge in [-0.2, -0.15) is 0 Å². The van der Waals surface area contributed by atoms with Crippen molar-refractivity contribution in [2.45, 2.75) is 63.6 Å². The lowest BCUT2D eigenvalue weighted by Gasteiger charge is -2.31. The Bertz CT molecular complexity index is 1250. The van der Waals surface area contributed by atoms with Gasteiger partial charge in [-0.1, -0.05) is 67.6 Å². The van der Waals surface area contributed by atoms with Crippen LogP contribution in [0.3, 0.4) is 0 Å². The van der Waals surface area contributed by atoms with Crippen LogP contribution in [-0.2, 0) is 27.3 Å². The van der Waals surface area contributed by atoms with Crippen LogP contribution in [0.5, 0.6) is 0 Å². The summed E-state index contributed by atoms with van der Waals surface area (Å²) in [6.45, 7) is 6.56. The zero-order valence-corrected chi connectivity index (χ0v) is 25.2. The van der Waals surface area contributed by atoms with Crippen molar-refractivity contribution in [1.29, 1.82) is 0 Å². The lowest BCUT2D eigenvalue weighted by molar-refractivity contribution is -0.135. The van der Waals surface area contributed by atoms with Crippen molar-refractivity contribution in [3.05, 3.63) is 96.1 Å². The Labute approximate surface area is 244 Å². The molecule has 0 radical (unpaired) electrons. The van der Waals surface area contributed by atoms with Crippen LogP contribution in [0.25, 0.3) is 0 Å². The minimum atomic E-state index is -2.63. The van der Waals surface area contributed by atoms with Gasteiger partial charge in [0.25, 0.3) is 0 Å². The van der Waals surface area contributed by atoms with Gasteiger partial charge in [0.05, 0.1) is 25.2 Å². The highest BCUT2D eigenvalue weighted by Crippen LogP contribution is 2.45. The summed E-state index contributed by atoms with van der Waals surface area (Å²) in [5.41, 5.74) is 3.69. The molecular weight excluding hydrogens is 532 g/mol. The number of para-hydroxylation sites is 1. The predicted octanol–water partition coefficient (Wildman–Crippen LogP) is 5.30. The van der Waals surface area contributed by atoms with E-state index >= 15 is 0 Å². The average Bonchev–Trinajstić information content (AvgIpc) is 3.28. The van der Waals surface area contributed by atoms with Crippen molar-refractivity contribution in [2.24, 2.45) is 5.92 Å². The normalized spacial score (nSPS) is 20.5. The summed E-state index contributed by atoms with van der Waals surface area (Å²) in [6, 6.07) is 27.3. The van der Waals surface area contributed by atoms with Crippen molar-refractivity contribution in [2.75, 3.05) is 18.1 Å². The van der Waals surface area contributed by atoms with E-state index in [0.717, 1.165) is 41.8 Å². The van der Waals surface area contributed by atoms with E-state index in [9.17, 15) is 19.5 Å². The number of anilines is 2. The van der Waals surface area contributed by atoms with Crippen molar-refractivity contribution in [3.8, 4) is 0 Å². The molecule has 3 aromatic rings. The van der Waals surface area contributed by atoms with Crippen LogP contribution < -0.4 is 4.90 Å². The summed E-state index contributed by atoms with van der Waals surface area (Å²) in [4.78, 5) is 39.7. The van der Waals surface area contributed by atoms with Gasteiger partial charge in [-0.15, -0.1) is 0 Å². The van der Waals surface area contributed by atoms with Gasteiger partial charge in [0.2, 0.25) is 12.3 Å². The molecular formula is C33H42N2O5Si. The molecule has 4 rings (SSSR count). The van der Waals surface area contributed by atoms with Crippen molar-refractivity contribution in [3.63, 3.8) is 0 Å². The summed E-state index contributed by atoms with van der Waals surface area (Å²) in [5.74, 6) is 0.0422. The SMILES string of the molecule is C[C@H]1[C@H]([Si](C)(C)O)[C@@H](CC(=O)N(CCO)Cc2ccccc2)O[C@H]1CCc1ccc(N(C=O)c2ccccc2)cc1. The van der Waals surface area contributed by atoms with Crippen molar-refractivity contribution in [1.82, 2.24) is 4.90 Å². The van der Waals surface area contributed by atoms with E-state index < -0.39 is 8.32 Å². The van der Waals surface area contributed by atoms with Crippen LogP contribution in [-0.4, -0.2) is 60.8 Å². The molecule has 1 saturated heterocycles. The second-order valence-electron chi connectivity index (χ2n) is 11.5. The number of carbonyl (C=O) groups is 2. The topological polar surface area (TPSA) is 90.3 Å². The Hall–Kier alpha value is -3.30. The Morgan fingerprint density at radius 3 is 2.10 bits per heavy atom. The molecule has 0 saturated carbocycles. The molecule has 218 valence electrons. The van der Waals surface area contributed by atoms with Gasteiger partial charge in [-0.05, 0) is 67.2 Å². The number of aryl methyl sites for hydroxylation is 1. The fraction of sp³-hybridized carbons (Fsp3) is 0.394. The summed E-state index contributed by atoms with van der Waals surface area (Å²) in [7, 11) is -2.63. The van der Waals surface area contributed by atoms with Crippen LogP contribution in [0.2, 0.25) is 18.6 Å².